The molecule has 2 aromatic carbocycles. The van der Waals surface area contributed by atoms with Crippen LogP contribution in [0, 0.1) is 22.7 Å². The van der Waals surface area contributed by atoms with E-state index in [1.54, 1.807) is 6.08 Å². The summed E-state index contributed by atoms with van der Waals surface area (Å²) in [6.07, 6.45) is 1.77. The summed E-state index contributed by atoms with van der Waals surface area (Å²) in [5.74, 6) is 0. The number of rotatable bonds is 3. The lowest BCUT2D eigenvalue weighted by Crippen LogP contribution is -2.32. The average molecular weight is 422 g/mol. The Balaban J connectivity index is 2.28. The van der Waals surface area contributed by atoms with Crippen molar-refractivity contribution in [1.29, 1.82) is 10.5 Å². The van der Waals surface area contributed by atoms with Crippen LogP contribution in [0.5, 0.6) is 0 Å². The molecule has 0 aliphatic rings. The molecule has 6 heteroatoms. The number of nitriles is 2. The molecule has 1 aromatic heterocycles. The Kier molecular flexibility index (Phi) is 5.48. The molecule has 0 saturated heterocycles. The molecule has 0 amide bonds. The SMILES string of the molecule is N#CC(C#N)=c1sc(=Cc2ccccc2Br)c(=O)n1Cc1ccccc1. The molecule has 0 fully saturated rings. The zero-order chi connectivity index (χ0) is 18.5. The number of halogens is 1. The second kappa shape index (κ2) is 7.97. The molecule has 0 N–H and O–H groups in total. The standard InChI is InChI=1S/C20H12BrN3OS/c21-17-9-5-4-8-15(17)10-18-19(25)24(13-14-6-2-1-3-7-14)20(26-18)16(11-22)12-23/h1-10H,13H2. The summed E-state index contributed by atoms with van der Waals surface area (Å²) >= 11 is 4.63. The number of aromatic nitrogens is 1. The molecule has 3 rings (SSSR count). The van der Waals surface area contributed by atoms with Gasteiger partial charge in [-0.25, -0.2) is 0 Å². The van der Waals surface area contributed by atoms with Gasteiger partial charge in [-0.15, -0.1) is 11.3 Å². The molecule has 0 spiro atoms. The molecule has 4 nitrogen and oxygen atoms in total. The quantitative estimate of drug-likeness (QED) is 0.652. The van der Waals surface area contributed by atoms with Crippen molar-refractivity contribution in [3.63, 3.8) is 0 Å². The monoisotopic (exact) mass is 421 g/mol. The van der Waals surface area contributed by atoms with E-state index in [4.69, 9.17) is 0 Å². The van der Waals surface area contributed by atoms with Crippen LogP contribution >= 0.6 is 27.3 Å². The fourth-order valence-electron chi connectivity index (χ4n) is 2.47. The molecule has 0 unspecified atom stereocenters. The Morgan fingerprint density at radius 2 is 1.73 bits per heavy atom. The summed E-state index contributed by atoms with van der Waals surface area (Å²) < 4.78 is 3.21. The predicted octanol–water partition coefficient (Wildman–Crippen LogP) is 2.75. The van der Waals surface area contributed by atoms with Crippen molar-refractivity contribution < 1.29 is 0 Å². The lowest BCUT2D eigenvalue weighted by molar-refractivity contribution is 0.754. The third kappa shape index (κ3) is 3.67. The van der Waals surface area contributed by atoms with Gasteiger partial charge in [0.05, 0.1) is 11.1 Å². The van der Waals surface area contributed by atoms with Gasteiger partial charge in [-0.3, -0.25) is 9.36 Å². The fraction of sp³-hybridized carbons (Fsp3) is 0.0500. The number of thiazole rings is 1. The molecular weight excluding hydrogens is 410 g/mol. The minimum Gasteiger partial charge on any atom is -0.293 e. The minimum atomic E-state index is -0.215. The Labute approximate surface area is 162 Å². The van der Waals surface area contributed by atoms with Gasteiger partial charge in [-0.2, -0.15) is 10.5 Å². The Morgan fingerprint density at radius 1 is 1.08 bits per heavy atom. The normalized spacial score (nSPS) is 11.0. The third-order valence-electron chi connectivity index (χ3n) is 3.72. The van der Waals surface area contributed by atoms with Crippen LogP contribution < -0.4 is 14.8 Å². The van der Waals surface area contributed by atoms with E-state index >= 15 is 0 Å². The van der Waals surface area contributed by atoms with Gasteiger partial charge in [0.1, 0.15) is 16.8 Å². The Hall–Kier alpha value is -2.93. The average Bonchev–Trinajstić information content (AvgIpc) is 2.95. The first kappa shape index (κ1) is 17.9. The number of benzene rings is 2. The van der Waals surface area contributed by atoms with Gasteiger partial charge < -0.3 is 0 Å². The molecule has 126 valence electrons. The third-order valence-corrected chi connectivity index (χ3v) is 5.57. The maximum atomic E-state index is 12.9. The topological polar surface area (TPSA) is 69.6 Å². The molecule has 0 saturated carbocycles. The molecule has 0 aliphatic heterocycles. The first-order valence-electron chi connectivity index (χ1n) is 7.68. The minimum absolute atomic E-state index is 0.0604. The summed E-state index contributed by atoms with van der Waals surface area (Å²) in [4.78, 5) is 12.9. The summed E-state index contributed by atoms with van der Waals surface area (Å²) in [6, 6.07) is 20.8. The highest BCUT2D eigenvalue weighted by atomic mass is 79.9. The highest BCUT2D eigenvalue weighted by Gasteiger charge is 2.10. The molecule has 0 aliphatic carbocycles. The van der Waals surface area contributed by atoms with E-state index in [1.165, 1.54) is 4.57 Å². The molecule has 3 aromatic rings. The molecule has 0 radical (unpaired) electrons. The highest BCUT2D eigenvalue weighted by Crippen LogP contribution is 2.16. The van der Waals surface area contributed by atoms with Gasteiger partial charge >= 0.3 is 0 Å². The van der Waals surface area contributed by atoms with Gasteiger partial charge in [-0.05, 0) is 23.3 Å². The summed E-state index contributed by atoms with van der Waals surface area (Å²) in [6.45, 7) is 0.308. The summed E-state index contributed by atoms with van der Waals surface area (Å²) in [5, 5.41) is 18.5. The van der Waals surface area contributed by atoms with E-state index in [1.807, 2.05) is 66.7 Å². The maximum Gasteiger partial charge on any atom is 0.269 e. The summed E-state index contributed by atoms with van der Waals surface area (Å²) in [5.41, 5.74) is 1.51. The zero-order valence-electron chi connectivity index (χ0n) is 13.5. The molecule has 26 heavy (non-hydrogen) atoms. The molecule has 0 atom stereocenters. The van der Waals surface area contributed by atoms with Crippen LogP contribution in [0.2, 0.25) is 0 Å². The van der Waals surface area contributed by atoms with Crippen molar-refractivity contribution in [2.75, 3.05) is 0 Å². The van der Waals surface area contributed by atoms with Crippen molar-refractivity contribution in [3.8, 4) is 12.1 Å². The van der Waals surface area contributed by atoms with Gasteiger partial charge in [0, 0.05) is 4.47 Å². The van der Waals surface area contributed by atoms with E-state index in [-0.39, 0.29) is 11.1 Å². The van der Waals surface area contributed by atoms with E-state index in [0.29, 0.717) is 15.7 Å². The lowest BCUT2D eigenvalue weighted by atomic mass is 10.2. The van der Waals surface area contributed by atoms with Gasteiger partial charge in [0.25, 0.3) is 5.56 Å². The van der Waals surface area contributed by atoms with Gasteiger partial charge in [0.15, 0.2) is 5.57 Å². The van der Waals surface area contributed by atoms with Crippen LogP contribution in [-0.4, -0.2) is 4.57 Å². The second-order valence-electron chi connectivity index (χ2n) is 5.41. The van der Waals surface area contributed by atoms with Crippen LogP contribution in [0.15, 0.2) is 63.9 Å². The van der Waals surface area contributed by atoms with E-state index in [0.717, 1.165) is 26.9 Å². The fourth-order valence-corrected chi connectivity index (χ4v) is 3.91. The number of hydrogen-bond acceptors (Lipinski definition) is 4. The maximum absolute atomic E-state index is 12.9. The number of hydrogen-bond donors (Lipinski definition) is 0. The molecular formula is C20H12BrN3OS. The molecule has 1 heterocycles. The van der Waals surface area contributed by atoms with Crippen LogP contribution in [0.3, 0.4) is 0 Å². The van der Waals surface area contributed by atoms with Gasteiger partial charge in [-0.1, -0.05) is 64.5 Å². The van der Waals surface area contributed by atoms with E-state index in [9.17, 15) is 15.3 Å². The highest BCUT2D eigenvalue weighted by molar-refractivity contribution is 9.10. The Bertz CT molecular complexity index is 1190. The second-order valence-corrected chi connectivity index (χ2v) is 7.30. The van der Waals surface area contributed by atoms with Crippen molar-refractivity contribution in [2.45, 2.75) is 6.54 Å². The van der Waals surface area contributed by atoms with Crippen molar-refractivity contribution >= 4 is 38.9 Å². The first-order valence-corrected chi connectivity index (χ1v) is 9.29. The largest absolute Gasteiger partial charge is 0.293 e. The first-order chi connectivity index (χ1) is 12.6. The van der Waals surface area contributed by atoms with Crippen LogP contribution in [0.25, 0.3) is 11.6 Å². The zero-order valence-corrected chi connectivity index (χ0v) is 15.9. The van der Waals surface area contributed by atoms with Crippen LogP contribution in [0.1, 0.15) is 11.1 Å². The van der Waals surface area contributed by atoms with E-state index < -0.39 is 0 Å². The Morgan fingerprint density at radius 3 is 2.38 bits per heavy atom. The molecule has 0 bridgehead atoms. The predicted molar refractivity (Wildman–Crippen MR) is 106 cm³/mol. The van der Waals surface area contributed by atoms with Crippen molar-refractivity contribution in [1.82, 2.24) is 4.57 Å². The lowest BCUT2D eigenvalue weighted by Gasteiger charge is -2.02. The number of nitrogens with zero attached hydrogens (tertiary/aromatic N) is 3. The van der Waals surface area contributed by atoms with E-state index in [2.05, 4.69) is 15.9 Å². The smallest absolute Gasteiger partial charge is 0.269 e. The van der Waals surface area contributed by atoms with Gasteiger partial charge in [0.2, 0.25) is 0 Å². The van der Waals surface area contributed by atoms with Crippen molar-refractivity contribution in [2.24, 2.45) is 0 Å². The summed E-state index contributed by atoms with van der Waals surface area (Å²) in [7, 11) is 0. The van der Waals surface area contributed by atoms with Crippen LogP contribution in [0.4, 0.5) is 0 Å². The van der Waals surface area contributed by atoms with Crippen molar-refractivity contribution in [3.05, 3.63) is 89.7 Å². The van der Waals surface area contributed by atoms with Crippen LogP contribution in [-0.2, 0) is 6.54 Å².